The normalized spacial score (nSPS) is 20.4. The van der Waals surface area contributed by atoms with Crippen LogP contribution in [0.1, 0.15) is 67.3 Å². The van der Waals surface area contributed by atoms with Gasteiger partial charge >= 0.3 is 0 Å². The number of fused-ring (bicyclic) bond motifs is 1. The molecule has 1 atom stereocenters. The predicted molar refractivity (Wildman–Crippen MR) is 116 cm³/mol. The smallest absolute Gasteiger partial charge is 0.295 e. The Kier molecular flexibility index (Phi) is 5.98. The van der Waals surface area contributed by atoms with E-state index in [4.69, 9.17) is 0 Å². The van der Waals surface area contributed by atoms with Gasteiger partial charge in [0.1, 0.15) is 5.76 Å². The summed E-state index contributed by atoms with van der Waals surface area (Å²) in [6, 6.07) is 8.93. The third-order valence-corrected chi connectivity index (χ3v) is 6.16. The fourth-order valence-electron chi connectivity index (χ4n) is 4.56. The summed E-state index contributed by atoms with van der Waals surface area (Å²) in [5, 5.41) is 11.2. The second kappa shape index (κ2) is 8.82. The number of aryl methyl sites for hydroxylation is 2. The number of pyridine rings is 1. The van der Waals surface area contributed by atoms with E-state index < -0.39 is 17.7 Å². The van der Waals surface area contributed by atoms with Crippen LogP contribution in [0, 0.1) is 0 Å². The number of benzene rings is 1. The number of hydrogen-bond acceptors (Lipinski definition) is 4. The lowest BCUT2D eigenvalue weighted by molar-refractivity contribution is -0.139. The first-order valence-corrected chi connectivity index (χ1v) is 10.9. The van der Waals surface area contributed by atoms with E-state index in [1.54, 1.807) is 23.4 Å². The molecule has 0 spiro atoms. The molecule has 1 fully saturated rings. The van der Waals surface area contributed by atoms with Gasteiger partial charge in [0.2, 0.25) is 0 Å². The quantitative estimate of drug-likeness (QED) is 0.331. The highest BCUT2D eigenvalue weighted by atomic mass is 16.3. The number of amides is 1. The Morgan fingerprint density at radius 3 is 2.67 bits per heavy atom. The van der Waals surface area contributed by atoms with Gasteiger partial charge in [-0.2, -0.15) is 0 Å². The fourth-order valence-corrected chi connectivity index (χ4v) is 4.56. The van der Waals surface area contributed by atoms with Crippen LogP contribution in [0.2, 0.25) is 0 Å². The molecule has 1 aromatic carbocycles. The van der Waals surface area contributed by atoms with Gasteiger partial charge in [0.15, 0.2) is 0 Å². The number of aliphatic hydroxyl groups excluding tert-OH is 1. The molecule has 4 rings (SSSR count). The molecule has 1 amide bonds. The third kappa shape index (κ3) is 3.76. The summed E-state index contributed by atoms with van der Waals surface area (Å²) in [5.41, 5.74) is 4.05. The highest BCUT2D eigenvalue weighted by Crippen LogP contribution is 2.39. The standard InChI is InChI=1S/C25H28N2O3/c1-2-3-6-14-27-22(20-10-7-13-26-16-20)21(24(29)25(27)30)23(28)19-12-11-17-8-4-5-9-18(17)15-19/h7,10-13,15-16,22,28H,2-6,8-9,14H2,1H3/b23-21-. The van der Waals surface area contributed by atoms with Crippen molar-refractivity contribution in [3.8, 4) is 0 Å². The highest BCUT2D eigenvalue weighted by molar-refractivity contribution is 6.46. The van der Waals surface area contributed by atoms with E-state index in [1.807, 2.05) is 24.3 Å². The number of unbranched alkanes of at least 4 members (excludes halogenated alkanes) is 2. The maximum Gasteiger partial charge on any atom is 0.295 e. The molecule has 0 radical (unpaired) electrons. The molecule has 2 heterocycles. The molecule has 1 aliphatic heterocycles. The van der Waals surface area contributed by atoms with Crippen LogP contribution in [0.4, 0.5) is 0 Å². The van der Waals surface area contributed by atoms with Crippen LogP contribution in [0.15, 0.2) is 48.3 Å². The molecule has 0 saturated carbocycles. The van der Waals surface area contributed by atoms with Gasteiger partial charge in [0.05, 0.1) is 11.6 Å². The first-order chi connectivity index (χ1) is 14.6. The van der Waals surface area contributed by atoms with Crippen LogP contribution in [-0.4, -0.2) is 33.2 Å². The maximum atomic E-state index is 13.0. The lowest BCUT2D eigenvalue weighted by Crippen LogP contribution is -2.30. The monoisotopic (exact) mass is 404 g/mol. The number of aromatic nitrogens is 1. The number of carbonyl (C=O) groups excluding carboxylic acids is 2. The van der Waals surface area contributed by atoms with Gasteiger partial charge in [-0.3, -0.25) is 14.6 Å². The lowest BCUT2D eigenvalue weighted by atomic mass is 9.89. The van der Waals surface area contributed by atoms with Crippen LogP contribution in [0.25, 0.3) is 5.76 Å². The number of aliphatic hydroxyl groups is 1. The molecule has 30 heavy (non-hydrogen) atoms. The molecule has 0 bridgehead atoms. The molecule has 156 valence electrons. The van der Waals surface area contributed by atoms with Crippen molar-refractivity contribution < 1.29 is 14.7 Å². The summed E-state index contributed by atoms with van der Waals surface area (Å²) in [6.45, 7) is 2.59. The zero-order valence-electron chi connectivity index (χ0n) is 17.4. The van der Waals surface area contributed by atoms with Crippen molar-refractivity contribution in [1.29, 1.82) is 0 Å². The highest BCUT2D eigenvalue weighted by Gasteiger charge is 2.45. The number of rotatable bonds is 6. The minimum Gasteiger partial charge on any atom is -0.507 e. The van der Waals surface area contributed by atoms with Crippen molar-refractivity contribution >= 4 is 17.4 Å². The molecule has 2 aliphatic rings. The molecule has 1 aliphatic carbocycles. The van der Waals surface area contributed by atoms with E-state index in [1.165, 1.54) is 17.5 Å². The number of hydrogen-bond donors (Lipinski definition) is 1. The number of nitrogens with zero attached hydrogens (tertiary/aromatic N) is 2. The SMILES string of the molecule is CCCCCN1C(=O)C(=O)/C(=C(\O)c2ccc3c(c2)CCCC3)C1c1cccnc1. The van der Waals surface area contributed by atoms with Crippen LogP contribution in [-0.2, 0) is 22.4 Å². The first-order valence-electron chi connectivity index (χ1n) is 10.9. The summed E-state index contributed by atoms with van der Waals surface area (Å²) < 4.78 is 0. The third-order valence-electron chi connectivity index (χ3n) is 6.16. The lowest BCUT2D eigenvalue weighted by Gasteiger charge is -2.25. The molecular weight excluding hydrogens is 376 g/mol. The Morgan fingerprint density at radius 1 is 1.13 bits per heavy atom. The van der Waals surface area contributed by atoms with Gasteiger partial charge in [-0.05, 0) is 60.9 Å². The summed E-state index contributed by atoms with van der Waals surface area (Å²) >= 11 is 0. The Morgan fingerprint density at radius 2 is 1.93 bits per heavy atom. The minimum atomic E-state index is -0.615. The van der Waals surface area contributed by atoms with Gasteiger partial charge in [-0.15, -0.1) is 0 Å². The van der Waals surface area contributed by atoms with E-state index in [9.17, 15) is 14.7 Å². The van der Waals surface area contributed by atoms with E-state index in [0.717, 1.165) is 44.1 Å². The maximum absolute atomic E-state index is 13.0. The number of likely N-dealkylation sites (tertiary alicyclic amines) is 1. The Balaban J connectivity index is 1.79. The zero-order chi connectivity index (χ0) is 21.1. The van der Waals surface area contributed by atoms with Crippen molar-refractivity contribution in [3.63, 3.8) is 0 Å². The van der Waals surface area contributed by atoms with E-state index >= 15 is 0 Å². The molecule has 5 heteroatoms. The second-order valence-corrected chi connectivity index (χ2v) is 8.18. The molecule has 5 nitrogen and oxygen atoms in total. The summed E-state index contributed by atoms with van der Waals surface area (Å²) in [5.74, 6) is -1.25. The average Bonchev–Trinajstić information content (AvgIpc) is 3.04. The molecule has 1 saturated heterocycles. The van der Waals surface area contributed by atoms with Gasteiger partial charge in [0.25, 0.3) is 11.7 Å². The van der Waals surface area contributed by atoms with Crippen molar-refractivity contribution in [2.45, 2.75) is 57.9 Å². The molecule has 1 unspecified atom stereocenters. The molecular formula is C25H28N2O3. The number of ketones is 1. The molecule has 2 aromatic rings. The van der Waals surface area contributed by atoms with Gasteiger partial charge in [0, 0.05) is 24.5 Å². The summed E-state index contributed by atoms with van der Waals surface area (Å²) in [7, 11) is 0. The van der Waals surface area contributed by atoms with Crippen LogP contribution in [0.5, 0.6) is 0 Å². The Labute approximate surface area is 177 Å². The Bertz CT molecular complexity index is 981. The molecule has 1 aromatic heterocycles. The zero-order valence-corrected chi connectivity index (χ0v) is 17.4. The van der Waals surface area contributed by atoms with E-state index in [0.29, 0.717) is 12.1 Å². The molecule has 1 N–H and O–H groups in total. The van der Waals surface area contributed by atoms with E-state index in [-0.39, 0.29) is 11.3 Å². The van der Waals surface area contributed by atoms with Crippen LogP contribution < -0.4 is 0 Å². The van der Waals surface area contributed by atoms with Crippen LogP contribution >= 0.6 is 0 Å². The fraction of sp³-hybridized carbons (Fsp3) is 0.400. The first kappa shape index (κ1) is 20.3. The topological polar surface area (TPSA) is 70.5 Å². The van der Waals surface area contributed by atoms with Gasteiger partial charge in [-0.25, -0.2) is 0 Å². The Hall–Kier alpha value is -2.95. The minimum absolute atomic E-state index is 0.0893. The summed E-state index contributed by atoms with van der Waals surface area (Å²) in [4.78, 5) is 31.7. The van der Waals surface area contributed by atoms with Crippen molar-refractivity contribution in [1.82, 2.24) is 9.88 Å². The largest absolute Gasteiger partial charge is 0.507 e. The second-order valence-electron chi connectivity index (χ2n) is 8.18. The number of carbonyl (C=O) groups is 2. The van der Waals surface area contributed by atoms with Crippen molar-refractivity contribution in [2.24, 2.45) is 0 Å². The predicted octanol–water partition coefficient (Wildman–Crippen LogP) is 4.57. The van der Waals surface area contributed by atoms with Crippen molar-refractivity contribution in [3.05, 3.63) is 70.6 Å². The number of Topliss-reactive ketones (excluding diaryl/α,β-unsaturated/α-hetero) is 1. The van der Waals surface area contributed by atoms with E-state index in [2.05, 4.69) is 11.9 Å². The summed E-state index contributed by atoms with van der Waals surface area (Å²) in [6.07, 6.45) is 10.5. The van der Waals surface area contributed by atoms with Crippen LogP contribution in [0.3, 0.4) is 0 Å². The van der Waals surface area contributed by atoms with Crippen molar-refractivity contribution in [2.75, 3.05) is 6.54 Å². The van der Waals surface area contributed by atoms with Gasteiger partial charge < -0.3 is 10.0 Å². The average molecular weight is 405 g/mol. The van der Waals surface area contributed by atoms with Gasteiger partial charge in [-0.1, -0.05) is 38.0 Å².